The minimum absolute atomic E-state index is 0.106. The molecule has 2 heterocycles. The number of sulfonamides is 1. The van der Waals surface area contributed by atoms with E-state index in [0.717, 1.165) is 22.2 Å². The summed E-state index contributed by atoms with van der Waals surface area (Å²) in [7, 11) is -2.09. The Morgan fingerprint density at radius 1 is 1.12 bits per heavy atom. The average Bonchev–Trinajstić information content (AvgIpc) is 3.90. The van der Waals surface area contributed by atoms with Gasteiger partial charge in [-0.25, -0.2) is 13.4 Å². The Kier molecular flexibility index (Phi) is 7.11. The Morgan fingerprint density at radius 3 is 2.59 bits per heavy atom. The molecular formula is C30H34N4O6S. The van der Waals surface area contributed by atoms with Crippen LogP contribution in [0.4, 0.5) is 0 Å². The zero-order valence-electron chi connectivity index (χ0n) is 23.1. The maximum atomic E-state index is 13.3. The van der Waals surface area contributed by atoms with E-state index in [2.05, 4.69) is 15.4 Å². The van der Waals surface area contributed by atoms with Crippen LogP contribution in [0.2, 0.25) is 0 Å². The van der Waals surface area contributed by atoms with Crippen LogP contribution in [0.15, 0.2) is 54.6 Å². The van der Waals surface area contributed by atoms with Gasteiger partial charge in [0.15, 0.2) is 0 Å². The molecule has 2 amide bonds. The second-order valence-corrected chi connectivity index (χ2v) is 13.1. The van der Waals surface area contributed by atoms with Gasteiger partial charge in [-0.05, 0) is 37.3 Å². The number of rotatable bonds is 10. The summed E-state index contributed by atoms with van der Waals surface area (Å²) >= 11 is 0. The predicted octanol–water partition coefficient (Wildman–Crippen LogP) is 2.91. The van der Waals surface area contributed by atoms with E-state index in [4.69, 9.17) is 14.5 Å². The first kappa shape index (κ1) is 27.5. The van der Waals surface area contributed by atoms with Crippen molar-refractivity contribution in [3.05, 3.63) is 54.6 Å². The third kappa shape index (κ3) is 5.48. The van der Waals surface area contributed by atoms with Crippen molar-refractivity contribution in [2.45, 2.75) is 62.0 Å². The Morgan fingerprint density at radius 2 is 1.90 bits per heavy atom. The van der Waals surface area contributed by atoms with Crippen LogP contribution in [0.25, 0.3) is 22.2 Å². The van der Waals surface area contributed by atoms with E-state index >= 15 is 0 Å². The average molecular weight is 579 g/mol. The first-order valence-electron chi connectivity index (χ1n) is 14.0. The summed E-state index contributed by atoms with van der Waals surface area (Å²) in [6, 6.07) is 16.8. The van der Waals surface area contributed by atoms with Gasteiger partial charge in [0.05, 0.1) is 29.6 Å². The molecule has 3 aliphatic rings. The van der Waals surface area contributed by atoms with E-state index in [1.54, 1.807) is 7.11 Å². The number of fused-ring (bicyclic) bond motifs is 1. The number of hydrogen-bond acceptors (Lipinski definition) is 8. The monoisotopic (exact) mass is 578 g/mol. The normalized spacial score (nSPS) is 25.5. The molecule has 3 aromatic rings. The third-order valence-electron chi connectivity index (χ3n) is 8.30. The number of nitrogens with zero attached hydrogens (tertiary/aromatic N) is 1. The van der Waals surface area contributed by atoms with E-state index in [-0.39, 0.29) is 17.9 Å². The summed E-state index contributed by atoms with van der Waals surface area (Å²) in [6.07, 6.45) is 2.27. The number of carbonyl (C=O) groups excluding carboxylic acids is 2. The minimum Gasteiger partial charge on any atom is -0.497 e. The molecule has 1 saturated heterocycles. The molecule has 2 aliphatic carbocycles. The summed E-state index contributed by atoms with van der Waals surface area (Å²) in [4.78, 5) is 31.2. The molecule has 1 aromatic heterocycles. The lowest BCUT2D eigenvalue weighted by atomic mass is 10.1. The van der Waals surface area contributed by atoms with Crippen LogP contribution in [0.3, 0.4) is 0 Å². The first-order chi connectivity index (χ1) is 19.7. The lowest BCUT2D eigenvalue weighted by molar-refractivity contribution is -0.130. The number of aromatic nitrogens is 1. The van der Waals surface area contributed by atoms with Gasteiger partial charge in [0.1, 0.15) is 23.1 Å². The SMILES string of the molecule is CCC1CC1(NC(=O)C1CC(Oc2cc(-c3ccccc3)nc3cc(OC)ccc23)CN1)C(=O)NS(=O)(=O)C1CC1. The molecule has 2 aromatic carbocycles. The molecule has 0 spiro atoms. The summed E-state index contributed by atoms with van der Waals surface area (Å²) in [5.41, 5.74) is 1.25. The molecule has 11 heteroatoms. The summed E-state index contributed by atoms with van der Waals surface area (Å²) in [6.45, 7) is 2.36. The highest BCUT2D eigenvalue weighted by molar-refractivity contribution is 7.91. The van der Waals surface area contributed by atoms with Crippen LogP contribution in [-0.2, 0) is 19.6 Å². The lowest BCUT2D eigenvalue weighted by Gasteiger charge is -2.21. The molecule has 41 heavy (non-hydrogen) atoms. The molecule has 4 atom stereocenters. The van der Waals surface area contributed by atoms with Crippen molar-refractivity contribution in [1.82, 2.24) is 20.3 Å². The van der Waals surface area contributed by atoms with E-state index < -0.39 is 32.8 Å². The van der Waals surface area contributed by atoms with Crippen molar-refractivity contribution in [3.8, 4) is 22.8 Å². The van der Waals surface area contributed by atoms with Crippen molar-refractivity contribution in [2.24, 2.45) is 5.92 Å². The molecule has 1 aliphatic heterocycles. The molecule has 216 valence electrons. The Bertz CT molecular complexity index is 1590. The molecule has 3 N–H and O–H groups in total. The van der Waals surface area contributed by atoms with Crippen molar-refractivity contribution < 1.29 is 27.5 Å². The molecular weight excluding hydrogens is 544 g/mol. The van der Waals surface area contributed by atoms with Crippen LogP contribution in [0.1, 0.15) is 39.0 Å². The Labute approximate surface area is 239 Å². The number of ether oxygens (including phenoxy) is 2. The zero-order valence-corrected chi connectivity index (χ0v) is 23.9. The predicted molar refractivity (Wildman–Crippen MR) is 154 cm³/mol. The number of amides is 2. The Hall–Kier alpha value is -3.70. The van der Waals surface area contributed by atoms with Gasteiger partial charge in [-0.2, -0.15) is 0 Å². The van der Waals surface area contributed by atoms with Gasteiger partial charge < -0.3 is 20.1 Å². The largest absolute Gasteiger partial charge is 0.497 e. The molecule has 10 nitrogen and oxygen atoms in total. The smallest absolute Gasteiger partial charge is 0.259 e. The molecule has 6 rings (SSSR count). The van der Waals surface area contributed by atoms with Crippen LogP contribution >= 0.6 is 0 Å². The summed E-state index contributed by atoms with van der Waals surface area (Å²) < 4.78 is 38.9. The number of benzene rings is 2. The van der Waals surface area contributed by atoms with Gasteiger partial charge in [-0.15, -0.1) is 0 Å². The second kappa shape index (κ2) is 10.6. The highest BCUT2D eigenvalue weighted by atomic mass is 32.2. The zero-order chi connectivity index (χ0) is 28.8. The van der Waals surface area contributed by atoms with Gasteiger partial charge in [-0.3, -0.25) is 14.3 Å². The topological polar surface area (TPSA) is 136 Å². The number of pyridine rings is 1. The third-order valence-corrected chi connectivity index (χ3v) is 10.1. The molecule has 3 fully saturated rings. The number of hydrogen-bond donors (Lipinski definition) is 3. The van der Waals surface area contributed by atoms with Crippen molar-refractivity contribution >= 4 is 32.7 Å². The maximum Gasteiger partial charge on any atom is 0.259 e. The fraction of sp³-hybridized carbons (Fsp3) is 0.433. The maximum absolute atomic E-state index is 13.3. The van der Waals surface area contributed by atoms with E-state index in [1.165, 1.54) is 0 Å². The minimum atomic E-state index is -3.70. The summed E-state index contributed by atoms with van der Waals surface area (Å²) in [5.74, 6) is 0.265. The Balaban J connectivity index is 1.17. The molecule has 2 saturated carbocycles. The number of methoxy groups -OCH3 is 1. The van der Waals surface area contributed by atoms with Gasteiger partial charge in [0.25, 0.3) is 5.91 Å². The number of nitrogens with one attached hydrogen (secondary N) is 3. The second-order valence-electron chi connectivity index (χ2n) is 11.1. The van der Waals surface area contributed by atoms with E-state index in [0.29, 0.717) is 50.1 Å². The fourth-order valence-corrected chi connectivity index (χ4v) is 6.99. The van der Waals surface area contributed by atoms with Gasteiger partial charge in [0.2, 0.25) is 15.9 Å². The first-order valence-corrected chi connectivity index (χ1v) is 15.6. The highest BCUT2D eigenvalue weighted by Gasteiger charge is 2.61. The van der Waals surface area contributed by atoms with Gasteiger partial charge >= 0.3 is 0 Å². The van der Waals surface area contributed by atoms with Crippen molar-refractivity contribution in [2.75, 3.05) is 13.7 Å². The van der Waals surface area contributed by atoms with E-state index in [1.807, 2.05) is 61.5 Å². The lowest BCUT2D eigenvalue weighted by Crippen LogP contribution is -2.55. The van der Waals surface area contributed by atoms with E-state index in [9.17, 15) is 18.0 Å². The van der Waals surface area contributed by atoms with Crippen molar-refractivity contribution in [3.63, 3.8) is 0 Å². The van der Waals surface area contributed by atoms with Crippen LogP contribution in [-0.4, -0.2) is 61.8 Å². The summed E-state index contributed by atoms with van der Waals surface area (Å²) in [5, 5.41) is 6.42. The van der Waals surface area contributed by atoms with Gasteiger partial charge in [0, 0.05) is 36.0 Å². The molecule has 0 bridgehead atoms. The number of carbonyl (C=O) groups is 2. The standard InChI is InChI=1S/C30H34N4O6S/c1-3-19-16-30(19,29(36)34-41(37,38)22-10-11-22)33-28(35)26-14-21(17-31-26)40-27-15-24(18-7-5-4-6-8-18)32-25-13-20(39-2)9-12-23(25)27/h4-9,12-13,15,19,21-22,26,31H,3,10-11,14,16-17H2,1-2H3,(H,33,35)(H,34,36). The van der Waals surface area contributed by atoms with Gasteiger partial charge in [-0.1, -0.05) is 43.7 Å². The van der Waals surface area contributed by atoms with Crippen LogP contribution in [0.5, 0.6) is 11.5 Å². The fourth-order valence-electron chi connectivity index (χ4n) is 5.63. The highest BCUT2D eigenvalue weighted by Crippen LogP contribution is 2.46. The quantitative estimate of drug-likeness (QED) is 0.334. The van der Waals surface area contributed by atoms with Crippen LogP contribution in [0, 0.1) is 5.92 Å². The van der Waals surface area contributed by atoms with Crippen LogP contribution < -0.4 is 24.8 Å². The molecule has 4 unspecified atom stereocenters. The molecule has 0 radical (unpaired) electrons. The van der Waals surface area contributed by atoms with Crippen molar-refractivity contribution in [1.29, 1.82) is 0 Å².